The number of carbonyl (C=O) groups excluding carboxylic acids is 2. The lowest BCUT2D eigenvalue weighted by Crippen LogP contribution is -2.42. The highest BCUT2D eigenvalue weighted by Gasteiger charge is 2.27. The van der Waals surface area contributed by atoms with Crippen molar-refractivity contribution in [3.05, 3.63) is 34.9 Å². The van der Waals surface area contributed by atoms with Gasteiger partial charge in [0.2, 0.25) is 11.8 Å². The minimum Gasteiger partial charge on any atom is -0.347 e. The molecule has 1 saturated carbocycles. The molecule has 5 nitrogen and oxygen atoms in total. The zero-order valence-corrected chi connectivity index (χ0v) is 14.5. The molecular formula is C16H23Cl2N3O2. The molecule has 0 aromatic heterocycles. The van der Waals surface area contributed by atoms with Gasteiger partial charge in [0.05, 0.1) is 19.1 Å². The van der Waals surface area contributed by atoms with Gasteiger partial charge in [-0.1, -0.05) is 36.6 Å². The van der Waals surface area contributed by atoms with E-state index in [4.69, 9.17) is 17.3 Å². The molecule has 23 heavy (non-hydrogen) atoms. The van der Waals surface area contributed by atoms with Gasteiger partial charge < -0.3 is 16.4 Å². The van der Waals surface area contributed by atoms with Crippen LogP contribution in [0.4, 0.5) is 0 Å². The first-order valence-electron chi connectivity index (χ1n) is 7.61. The average Bonchev–Trinajstić information content (AvgIpc) is 3.05. The molecule has 1 aliphatic carbocycles. The van der Waals surface area contributed by atoms with Crippen molar-refractivity contribution in [3.63, 3.8) is 0 Å². The number of halogens is 2. The maximum atomic E-state index is 12.1. The second-order valence-corrected chi connectivity index (χ2v) is 6.06. The lowest BCUT2D eigenvalue weighted by Gasteiger charge is -2.25. The molecule has 7 heteroatoms. The van der Waals surface area contributed by atoms with Crippen LogP contribution in [0.5, 0.6) is 0 Å². The molecule has 0 radical (unpaired) electrons. The molecule has 0 bridgehead atoms. The summed E-state index contributed by atoms with van der Waals surface area (Å²) in [5, 5.41) is 6.20. The summed E-state index contributed by atoms with van der Waals surface area (Å²) in [5.74, 6) is -0.108. The van der Waals surface area contributed by atoms with Crippen LogP contribution in [0.3, 0.4) is 0 Å². The fourth-order valence-electron chi connectivity index (χ4n) is 2.91. The molecule has 1 fully saturated rings. The van der Waals surface area contributed by atoms with Crippen molar-refractivity contribution in [2.75, 3.05) is 13.1 Å². The Morgan fingerprint density at radius 2 is 1.78 bits per heavy atom. The van der Waals surface area contributed by atoms with Crippen LogP contribution < -0.4 is 16.4 Å². The Kier molecular flexibility index (Phi) is 8.37. The normalized spacial score (nSPS) is 15.6. The summed E-state index contributed by atoms with van der Waals surface area (Å²) in [4.78, 5) is 23.2. The summed E-state index contributed by atoms with van der Waals surface area (Å²) in [7, 11) is 0. The van der Waals surface area contributed by atoms with E-state index in [0.29, 0.717) is 10.9 Å². The molecule has 128 valence electrons. The molecule has 0 heterocycles. The van der Waals surface area contributed by atoms with Crippen LogP contribution in [0.2, 0.25) is 5.02 Å². The van der Waals surface area contributed by atoms with E-state index in [-0.39, 0.29) is 43.4 Å². The monoisotopic (exact) mass is 359 g/mol. The van der Waals surface area contributed by atoms with Gasteiger partial charge in [-0.2, -0.15) is 0 Å². The molecule has 1 aromatic carbocycles. The Balaban J connectivity index is 0.00000264. The molecule has 1 aliphatic rings. The van der Waals surface area contributed by atoms with E-state index in [0.717, 1.165) is 18.4 Å². The number of nitrogens with one attached hydrogen (secondary N) is 2. The standard InChI is InChI=1S/C16H22ClN3O2.ClH/c17-13-7-5-12(6-8-13)16(11-3-1-2-4-11)20-15(22)10-19-14(21)9-18;/h5-8,11,16H,1-4,9-10,18H2,(H,19,21)(H,20,22);1H. The van der Waals surface area contributed by atoms with Crippen molar-refractivity contribution < 1.29 is 9.59 Å². The highest BCUT2D eigenvalue weighted by molar-refractivity contribution is 6.30. The Morgan fingerprint density at radius 1 is 1.17 bits per heavy atom. The summed E-state index contributed by atoms with van der Waals surface area (Å²) in [6.07, 6.45) is 4.58. The van der Waals surface area contributed by atoms with Gasteiger partial charge in [0, 0.05) is 5.02 Å². The minimum absolute atomic E-state index is 0. The first-order chi connectivity index (χ1) is 10.6. The molecule has 1 unspecified atom stereocenters. The summed E-state index contributed by atoms with van der Waals surface area (Å²) in [6.45, 7) is -0.163. The number of rotatable bonds is 6. The first-order valence-corrected chi connectivity index (χ1v) is 7.99. The van der Waals surface area contributed by atoms with Crippen molar-refractivity contribution in [1.29, 1.82) is 0 Å². The van der Waals surface area contributed by atoms with Crippen LogP contribution >= 0.6 is 24.0 Å². The van der Waals surface area contributed by atoms with Crippen molar-refractivity contribution >= 4 is 35.8 Å². The van der Waals surface area contributed by atoms with Crippen LogP contribution in [0.25, 0.3) is 0 Å². The van der Waals surface area contributed by atoms with Gasteiger partial charge in [-0.3, -0.25) is 9.59 Å². The second kappa shape index (κ2) is 9.75. The number of nitrogens with two attached hydrogens (primary N) is 1. The Bertz CT molecular complexity index is 517. The number of hydrogen-bond acceptors (Lipinski definition) is 3. The SMILES string of the molecule is Cl.NCC(=O)NCC(=O)NC(c1ccc(Cl)cc1)C1CCCC1. The maximum absolute atomic E-state index is 12.1. The quantitative estimate of drug-likeness (QED) is 0.727. The van der Waals surface area contributed by atoms with Gasteiger partial charge in [0.25, 0.3) is 0 Å². The van der Waals surface area contributed by atoms with Gasteiger partial charge in [-0.05, 0) is 36.5 Å². The molecular weight excluding hydrogens is 337 g/mol. The van der Waals surface area contributed by atoms with E-state index in [1.807, 2.05) is 24.3 Å². The Morgan fingerprint density at radius 3 is 2.35 bits per heavy atom. The molecule has 2 rings (SSSR count). The van der Waals surface area contributed by atoms with Gasteiger partial charge in [0.15, 0.2) is 0 Å². The fraction of sp³-hybridized carbons (Fsp3) is 0.500. The third-order valence-electron chi connectivity index (χ3n) is 4.05. The lowest BCUT2D eigenvalue weighted by atomic mass is 9.91. The summed E-state index contributed by atoms with van der Waals surface area (Å²) < 4.78 is 0. The van der Waals surface area contributed by atoms with Gasteiger partial charge in [0.1, 0.15) is 0 Å². The number of carbonyl (C=O) groups is 2. The van der Waals surface area contributed by atoms with E-state index in [9.17, 15) is 9.59 Å². The van der Waals surface area contributed by atoms with Gasteiger partial charge >= 0.3 is 0 Å². The van der Waals surface area contributed by atoms with E-state index < -0.39 is 0 Å². The van der Waals surface area contributed by atoms with Gasteiger partial charge in [-0.15, -0.1) is 12.4 Å². The zero-order valence-electron chi connectivity index (χ0n) is 12.9. The first kappa shape index (κ1) is 19.7. The highest BCUT2D eigenvalue weighted by Crippen LogP contribution is 2.36. The molecule has 0 saturated heterocycles. The van der Waals surface area contributed by atoms with Crippen molar-refractivity contribution in [2.45, 2.75) is 31.7 Å². The minimum atomic E-state index is -0.334. The largest absolute Gasteiger partial charge is 0.347 e. The van der Waals surface area contributed by atoms with Crippen molar-refractivity contribution in [1.82, 2.24) is 10.6 Å². The van der Waals surface area contributed by atoms with E-state index in [1.165, 1.54) is 12.8 Å². The molecule has 0 aliphatic heterocycles. The average molecular weight is 360 g/mol. The fourth-order valence-corrected chi connectivity index (χ4v) is 3.04. The summed E-state index contributed by atoms with van der Waals surface area (Å²) >= 11 is 5.94. The van der Waals surface area contributed by atoms with Crippen LogP contribution in [0.1, 0.15) is 37.3 Å². The lowest BCUT2D eigenvalue weighted by molar-refractivity contribution is -0.126. The molecule has 1 aromatic rings. The van der Waals surface area contributed by atoms with Crippen LogP contribution in [0.15, 0.2) is 24.3 Å². The third-order valence-corrected chi connectivity index (χ3v) is 4.30. The number of benzene rings is 1. The summed E-state index contributed by atoms with van der Waals surface area (Å²) in [5.41, 5.74) is 6.26. The smallest absolute Gasteiger partial charge is 0.239 e. The van der Waals surface area contributed by atoms with Crippen LogP contribution in [-0.2, 0) is 9.59 Å². The second-order valence-electron chi connectivity index (χ2n) is 5.62. The Hall–Kier alpha value is -1.30. The van der Waals surface area contributed by atoms with Crippen molar-refractivity contribution in [2.24, 2.45) is 11.7 Å². The van der Waals surface area contributed by atoms with E-state index in [2.05, 4.69) is 10.6 Å². The van der Waals surface area contributed by atoms with E-state index >= 15 is 0 Å². The molecule has 0 spiro atoms. The number of amides is 2. The predicted molar refractivity (Wildman–Crippen MR) is 93.6 cm³/mol. The maximum Gasteiger partial charge on any atom is 0.239 e. The molecule has 2 amide bonds. The summed E-state index contributed by atoms with van der Waals surface area (Å²) in [6, 6.07) is 7.53. The zero-order chi connectivity index (χ0) is 15.9. The molecule has 1 atom stereocenters. The number of hydrogen-bond donors (Lipinski definition) is 3. The topological polar surface area (TPSA) is 84.2 Å². The van der Waals surface area contributed by atoms with Gasteiger partial charge in [-0.25, -0.2) is 0 Å². The van der Waals surface area contributed by atoms with Crippen LogP contribution in [-0.4, -0.2) is 24.9 Å². The van der Waals surface area contributed by atoms with Crippen LogP contribution in [0, 0.1) is 5.92 Å². The molecule has 4 N–H and O–H groups in total. The van der Waals surface area contributed by atoms with Crippen molar-refractivity contribution in [3.8, 4) is 0 Å². The third kappa shape index (κ3) is 6.01. The van der Waals surface area contributed by atoms with E-state index in [1.54, 1.807) is 0 Å². The predicted octanol–water partition coefficient (Wildman–Crippen LogP) is 2.18. The highest BCUT2D eigenvalue weighted by atomic mass is 35.5. The Labute approximate surface area is 147 Å².